The number of allylic oxidation sites excluding steroid dienone is 4. The summed E-state index contributed by atoms with van der Waals surface area (Å²) in [7, 11) is 2.14. The lowest BCUT2D eigenvalue weighted by Gasteiger charge is -2.41. The first-order valence-electron chi connectivity index (χ1n) is 20.1. The van der Waals surface area contributed by atoms with E-state index in [1.807, 2.05) is 6.92 Å². The number of epoxide rings is 1. The summed E-state index contributed by atoms with van der Waals surface area (Å²) in [6, 6.07) is 0.190. The van der Waals surface area contributed by atoms with Gasteiger partial charge in [0.2, 0.25) is 0 Å². The number of ether oxygens (including phenoxy) is 2. The normalized spacial score (nSPS) is 41.2. The van der Waals surface area contributed by atoms with E-state index in [2.05, 4.69) is 53.5 Å². The van der Waals surface area contributed by atoms with Crippen LogP contribution in [0.5, 0.6) is 0 Å². The molecule has 3 saturated heterocycles. The summed E-state index contributed by atoms with van der Waals surface area (Å²) in [5.41, 5.74) is -0.323. The highest BCUT2D eigenvalue weighted by Gasteiger charge is 2.87. The quantitative estimate of drug-likeness (QED) is 0.0875. The van der Waals surface area contributed by atoms with Gasteiger partial charge in [-0.2, -0.15) is 0 Å². The number of fused-ring (bicyclic) bond motifs is 4. The first-order chi connectivity index (χ1) is 24.3. The third-order valence-corrected chi connectivity index (χ3v) is 14.0. The molecule has 0 bridgehead atoms. The maximum Gasteiger partial charge on any atom is 0.350 e. The second-order valence-electron chi connectivity index (χ2n) is 16.7. The van der Waals surface area contributed by atoms with Crippen molar-refractivity contribution in [2.45, 2.75) is 127 Å². The van der Waals surface area contributed by atoms with Gasteiger partial charge in [-0.3, -0.25) is 9.59 Å². The lowest BCUT2D eigenvalue weighted by Crippen LogP contribution is -3.02. The van der Waals surface area contributed by atoms with Crippen molar-refractivity contribution in [3.63, 3.8) is 0 Å². The summed E-state index contributed by atoms with van der Waals surface area (Å²) in [6.45, 7) is 6.19. The molecular formula is C40H63N4O6+3. The molecule has 3 heterocycles. The predicted octanol–water partition coefficient (Wildman–Crippen LogP) is 0.767. The minimum atomic E-state index is -1.90. The molecule has 0 radical (unpaired) electrons. The number of aliphatic hydroxyl groups excluding tert-OH is 1. The average molecular weight is 696 g/mol. The lowest BCUT2D eigenvalue weighted by atomic mass is 9.60. The highest BCUT2D eigenvalue weighted by molar-refractivity contribution is 6.23. The van der Waals surface area contributed by atoms with Crippen LogP contribution in [0.3, 0.4) is 0 Å². The van der Waals surface area contributed by atoms with E-state index < -0.39 is 29.0 Å². The van der Waals surface area contributed by atoms with Crippen LogP contribution in [0.15, 0.2) is 34.9 Å². The van der Waals surface area contributed by atoms with Crippen LogP contribution in [0, 0.1) is 35.5 Å². The van der Waals surface area contributed by atoms with Gasteiger partial charge in [0.15, 0.2) is 17.2 Å². The zero-order chi connectivity index (χ0) is 35.0. The minimum Gasteiger partial charge on any atom is -0.463 e. The highest BCUT2D eigenvalue weighted by Crippen LogP contribution is 2.62. The number of carbonyl (C=O) groups excluding carboxylic acids is 3. The fourth-order valence-corrected chi connectivity index (χ4v) is 11.0. The summed E-state index contributed by atoms with van der Waals surface area (Å²) < 4.78 is 12.5. The van der Waals surface area contributed by atoms with Crippen molar-refractivity contribution >= 4 is 17.5 Å². The van der Waals surface area contributed by atoms with E-state index >= 15 is 0 Å². The van der Waals surface area contributed by atoms with Gasteiger partial charge in [-0.1, -0.05) is 30.6 Å². The van der Waals surface area contributed by atoms with Gasteiger partial charge in [-0.05, 0) is 101 Å². The number of aliphatic hydroxyl groups is 1. The van der Waals surface area contributed by atoms with Gasteiger partial charge in [0.1, 0.15) is 25.0 Å². The Morgan fingerprint density at radius 3 is 2.66 bits per heavy atom. The molecule has 3 aliphatic heterocycles. The largest absolute Gasteiger partial charge is 0.463 e. The van der Waals surface area contributed by atoms with E-state index in [1.54, 1.807) is 0 Å². The number of esters is 1. The van der Waals surface area contributed by atoms with Crippen LogP contribution in [0.4, 0.5) is 0 Å². The van der Waals surface area contributed by atoms with Gasteiger partial charge < -0.3 is 30.5 Å². The number of ketones is 2. The Balaban J connectivity index is 1.09. The van der Waals surface area contributed by atoms with Crippen molar-refractivity contribution in [3.8, 4) is 0 Å². The van der Waals surface area contributed by atoms with E-state index in [1.165, 1.54) is 24.8 Å². The number of nitrogens with one attached hydrogen (secondary N) is 1. The molecule has 0 aromatic heterocycles. The Morgan fingerprint density at radius 1 is 1.10 bits per heavy atom. The van der Waals surface area contributed by atoms with Crippen LogP contribution in [0.25, 0.3) is 0 Å². The summed E-state index contributed by atoms with van der Waals surface area (Å²) >= 11 is 0. The van der Waals surface area contributed by atoms with E-state index in [-0.39, 0.29) is 43.2 Å². The Kier molecular flexibility index (Phi) is 10.9. The Morgan fingerprint density at radius 2 is 1.90 bits per heavy atom. The molecule has 0 amide bonds. The predicted molar refractivity (Wildman–Crippen MR) is 187 cm³/mol. The molecule has 0 aromatic rings. The minimum absolute atomic E-state index is 0.0778. The van der Waals surface area contributed by atoms with Crippen molar-refractivity contribution in [2.75, 3.05) is 33.4 Å². The Labute approximate surface area is 298 Å². The zero-order valence-corrected chi connectivity index (χ0v) is 30.7. The molecule has 10 nitrogen and oxygen atoms in total. The summed E-state index contributed by atoms with van der Waals surface area (Å²) in [6.07, 6.45) is 19.4. The molecular weight excluding hydrogens is 632 g/mol. The second kappa shape index (κ2) is 15.0. The maximum atomic E-state index is 14.4. The average Bonchev–Trinajstić information content (AvgIpc) is 3.85. The zero-order valence-electron chi connectivity index (χ0n) is 30.7. The van der Waals surface area contributed by atoms with E-state index in [9.17, 15) is 19.5 Å². The number of likely N-dealkylation sites (N-methyl/N-ethyl adjacent to an activating group) is 1. The Hall–Kier alpha value is -2.21. The number of piperidine rings is 2. The fourth-order valence-electron chi connectivity index (χ4n) is 11.0. The Bertz CT molecular complexity index is 1410. The van der Waals surface area contributed by atoms with Gasteiger partial charge >= 0.3 is 5.97 Å². The highest BCUT2D eigenvalue weighted by atomic mass is 16.7. The molecule has 11 unspecified atom stereocenters. The number of hydrogen-bond donors (Lipinski definition) is 5. The topological polar surface area (TPSA) is 155 Å². The van der Waals surface area contributed by atoms with Crippen LogP contribution in [-0.2, 0) is 23.9 Å². The molecule has 4 aliphatic carbocycles. The second-order valence-corrected chi connectivity index (χ2v) is 16.7. The van der Waals surface area contributed by atoms with Crippen molar-refractivity contribution in [2.24, 2.45) is 35.5 Å². The van der Waals surface area contributed by atoms with E-state index in [0.717, 1.165) is 69.2 Å². The third kappa shape index (κ3) is 6.40. The summed E-state index contributed by atoms with van der Waals surface area (Å²) in [5.74, 6) is -0.217. The van der Waals surface area contributed by atoms with Crippen LogP contribution >= 0.6 is 0 Å². The van der Waals surface area contributed by atoms with Crippen LogP contribution in [-0.4, -0.2) is 85.6 Å². The van der Waals surface area contributed by atoms with Gasteiger partial charge in [-0.25, -0.2) is 10.1 Å². The molecule has 11 atom stereocenters. The number of carbonyl (C=O) groups is 3. The molecule has 10 heteroatoms. The van der Waals surface area contributed by atoms with Crippen LogP contribution in [0.1, 0.15) is 97.3 Å². The molecule has 7 aliphatic rings. The number of quaternary nitrogens is 3. The van der Waals surface area contributed by atoms with Crippen molar-refractivity contribution in [1.29, 1.82) is 0 Å². The molecule has 276 valence electrons. The molecule has 50 heavy (non-hydrogen) atoms. The van der Waals surface area contributed by atoms with Crippen LogP contribution < -0.4 is 21.3 Å². The standard InChI is InChI=1S/C40H60N4O6/c1-4-42-33-20-27-10-6-5-9-26(27)19-28(33)23-49-38(48)40-36(47)32-12-8-7-11-31(32)35(46)39(40,50-40)21-29(22-45)24(2)13-14-25-17-18-43-37-30(25)15-16-34(41-3)44-37/h6,10,20,25-26,28,30-34,37,41-45H,4-5,7-9,11-19,21-23H2,1-3H3/p+3. The molecule has 7 rings (SSSR count). The third-order valence-electron chi connectivity index (χ3n) is 14.0. The smallest absolute Gasteiger partial charge is 0.350 e. The first kappa shape index (κ1) is 36.2. The molecule has 8 N–H and O–H groups in total. The van der Waals surface area contributed by atoms with E-state index in [4.69, 9.17) is 9.47 Å². The molecule has 2 saturated carbocycles. The summed E-state index contributed by atoms with van der Waals surface area (Å²) in [4.78, 5) is 43.1. The van der Waals surface area contributed by atoms with Crippen LogP contribution in [0.2, 0.25) is 0 Å². The SMILES string of the molecule is CC[NH2+]C1C=C2C=CCCC2CC1COC(=O)C12OC1(CC(CO)=C(C)CCC1CC[NH2+]C3NC([NH2+]C)CCC13)C(=O)C1CCCCC1C2=O. The lowest BCUT2D eigenvalue weighted by molar-refractivity contribution is -0.739. The van der Waals surface area contributed by atoms with Gasteiger partial charge in [-0.15, -0.1) is 0 Å². The molecule has 0 spiro atoms. The number of rotatable bonds is 12. The van der Waals surface area contributed by atoms with Crippen molar-refractivity contribution in [3.05, 3.63) is 34.9 Å². The fraction of sp³-hybridized carbons (Fsp3) is 0.775. The van der Waals surface area contributed by atoms with Crippen molar-refractivity contribution < 1.29 is 44.9 Å². The van der Waals surface area contributed by atoms with Gasteiger partial charge in [0, 0.05) is 36.5 Å². The molecule has 5 fully saturated rings. The number of nitrogens with two attached hydrogens (primary N) is 3. The van der Waals surface area contributed by atoms with Gasteiger partial charge in [0.25, 0.3) is 5.60 Å². The monoisotopic (exact) mass is 695 g/mol. The number of Topliss-reactive ketones (excluding diaryl/α,β-unsaturated/α-hetero) is 2. The van der Waals surface area contributed by atoms with Crippen molar-refractivity contribution in [1.82, 2.24) is 5.32 Å². The number of hydrogen-bond acceptors (Lipinski definition) is 7. The van der Waals surface area contributed by atoms with E-state index in [0.29, 0.717) is 42.9 Å². The maximum absolute atomic E-state index is 14.4. The molecule has 0 aromatic carbocycles. The summed E-state index contributed by atoms with van der Waals surface area (Å²) in [5, 5.41) is 21.6. The van der Waals surface area contributed by atoms with Gasteiger partial charge in [0.05, 0.1) is 26.7 Å². The first-order valence-corrected chi connectivity index (χ1v) is 20.1.